The molecule has 6 heteroatoms. The summed E-state index contributed by atoms with van der Waals surface area (Å²) in [5.41, 5.74) is 0.0270. The number of amides is 1. The number of likely N-dealkylation sites (tertiary alicyclic amines) is 1. The molecule has 0 bridgehead atoms. The lowest BCUT2D eigenvalue weighted by Crippen LogP contribution is -2.69. The Labute approximate surface area is 161 Å². The molecule has 2 aliphatic heterocycles. The minimum absolute atomic E-state index is 0.0253. The fourth-order valence-electron chi connectivity index (χ4n) is 4.29. The molecule has 2 atom stereocenters. The molecule has 2 fully saturated rings. The van der Waals surface area contributed by atoms with Crippen LogP contribution in [0.1, 0.15) is 38.7 Å². The zero-order valence-electron chi connectivity index (χ0n) is 16.4. The number of ether oxygens (including phenoxy) is 2. The molecule has 6 nitrogen and oxygen atoms in total. The molecular weight excluding hydrogens is 344 g/mol. The number of nitrogens with zero attached hydrogens (tertiary/aromatic N) is 1. The highest BCUT2D eigenvalue weighted by Gasteiger charge is 2.53. The molecule has 0 saturated carbocycles. The van der Waals surface area contributed by atoms with Crippen LogP contribution in [0, 0.1) is 0 Å². The number of nitrogens with one attached hydrogen (secondary N) is 1. The molecule has 0 unspecified atom stereocenters. The topological polar surface area (TPSA) is 71.0 Å². The maximum Gasteiger partial charge on any atom is 0.246 e. The van der Waals surface area contributed by atoms with E-state index in [1.54, 1.807) is 0 Å². The van der Waals surface area contributed by atoms with Crippen molar-refractivity contribution in [1.29, 1.82) is 0 Å². The SMILES string of the molecule is CCOCC(=O)N[C@]1(C)CCOC2(CCN(Cc3ccccc3)CC2)[C@H]1O. The molecule has 0 aliphatic carbocycles. The van der Waals surface area contributed by atoms with Crippen molar-refractivity contribution in [1.82, 2.24) is 10.2 Å². The fourth-order valence-corrected chi connectivity index (χ4v) is 4.29. The second-order valence-corrected chi connectivity index (χ2v) is 7.93. The smallest absolute Gasteiger partial charge is 0.246 e. The number of benzene rings is 1. The van der Waals surface area contributed by atoms with E-state index >= 15 is 0 Å². The van der Waals surface area contributed by atoms with Crippen LogP contribution in [0.3, 0.4) is 0 Å². The van der Waals surface area contributed by atoms with Crippen LogP contribution in [0.15, 0.2) is 30.3 Å². The lowest BCUT2D eigenvalue weighted by atomic mass is 9.73. The van der Waals surface area contributed by atoms with Crippen molar-refractivity contribution < 1.29 is 19.4 Å². The lowest BCUT2D eigenvalue weighted by Gasteiger charge is -2.53. The van der Waals surface area contributed by atoms with Gasteiger partial charge in [-0.1, -0.05) is 30.3 Å². The summed E-state index contributed by atoms with van der Waals surface area (Å²) in [6.45, 7) is 7.49. The van der Waals surface area contributed by atoms with E-state index in [9.17, 15) is 9.90 Å². The molecule has 2 heterocycles. The summed E-state index contributed by atoms with van der Waals surface area (Å²) in [6, 6.07) is 10.4. The summed E-state index contributed by atoms with van der Waals surface area (Å²) in [6.07, 6.45) is 1.39. The van der Waals surface area contributed by atoms with Gasteiger partial charge in [-0.15, -0.1) is 0 Å². The second kappa shape index (κ2) is 8.69. The molecule has 2 saturated heterocycles. The van der Waals surface area contributed by atoms with Gasteiger partial charge in [0.1, 0.15) is 12.7 Å². The zero-order valence-corrected chi connectivity index (χ0v) is 16.4. The first-order chi connectivity index (χ1) is 13.0. The van der Waals surface area contributed by atoms with Crippen molar-refractivity contribution in [3.05, 3.63) is 35.9 Å². The van der Waals surface area contributed by atoms with Crippen LogP contribution in [-0.2, 0) is 20.8 Å². The Morgan fingerprint density at radius 1 is 1.30 bits per heavy atom. The van der Waals surface area contributed by atoms with Gasteiger partial charge >= 0.3 is 0 Å². The van der Waals surface area contributed by atoms with E-state index in [1.807, 2.05) is 19.9 Å². The summed E-state index contributed by atoms with van der Waals surface area (Å²) < 4.78 is 11.3. The molecule has 2 N–H and O–H groups in total. The van der Waals surface area contributed by atoms with Crippen molar-refractivity contribution >= 4 is 5.91 Å². The van der Waals surface area contributed by atoms with Gasteiger partial charge in [-0.05, 0) is 38.7 Å². The summed E-state index contributed by atoms with van der Waals surface area (Å²) in [7, 11) is 0. The highest BCUT2D eigenvalue weighted by molar-refractivity contribution is 5.78. The Balaban J connectivity index is 1.60. The maximum absolute atomic E-state index is 12.2. The molecule has 1 spiro atoms. The van der Waals surface area contributed by atoms with Crippen molar-refractivity contribution in [3.63, 3.8) is 0 Å². The lowest BCUT2D eigenvalue weighted by molar-refractivity contribution is -0.208. The Hall–Kier alpha value is -1.47. The standard InChI is InChI=1S/C21H32N2O4/c1-3-26-16-18(24)22-20(2)11-14-27-21(19(20)25)9-12-23(13-10-21)15-17-7-5-4-6-8-17/h4-8,19,25H,3,9-16H2,1-2H3,(H,22,24)/t19-,20+/m0/s1. The van der Waals surface area contributed by atoms with Crippen LogP contribution in [0.4, 0.5) is 0 Å². The van der Waals surface area contributed by atoms with Crippen molar-refractivity contribution in [2.45, 2.75) is 56.9 Å². The molecule has 0 aromatic heterocycles. The van der Waals surface area contributed by atoms with Crippen LogP contribution in [0.5, 0.6) is 0 Å². The molecule has 2 aliphatic rings. The summed E-state index contributed by atoms with van der Waals surface area (Å²) >= 11 is 0. The molecule has 1 aromatic rings. The average Bonchev–Trinajstić information content (AvgIpc) is 2.67. The third-order valence-electron chi connectivity index (χ3n) is 5.93. The van der Waals surface area contributed by atoms with Gasteiger partial charge in [0, 0.05) is 32.8 Å². The van der Waals surface area contributed by atoms with E-state index in [-0.39, 0.29) is 12.5 Å². The number of carbonyl (C=O) groups excluding carboxylic acids is 1. The van der Waals surface area contributed by atoms with Gasteiger partial charge < -0.3 is 19.9 Å². The van der Waals surface area contributed by atoms with Crippen LogP contribution >= 0.6 is 0 Å². The monoisotopic (exact) mass is 376 g/mol. The van der Waals surface area contributed by atoms with E-state index in [1.165, 1.54) is 5.56 Å². The largest absolute Gasteiger partial charge is 0.388 e. The number of piperidine rings is 1. The molecular formula is C21H32N2O4. The van der Waals surface area contributed by atoms with Gasteiger partial charge in [0.2, 0.25) is 5.91 Å². The third-order valence-corrected chi connectivity index (χ3v) is 5.93. The first-order valence-corrected chi connectivity index (χ1v) is 9.94. The molecule has 0 radical (unpaired) electrons. The highest BCUT2D eigenvalue weighted by atomic mass is 16.5. The van der Waals surface area contributed by atoms with Crippen LogP contribution < -0.4 is 5.32 Å². The van der Waals surface area contributed by atoms with Crippen molar-refractivity contribution in [2.75, 3.05) is 32.9 Å². The molecule has 150 valence electrons. The van der Waals surface area contributed by atoms with Crippen LogP contribution in [0.2, 0.25) is 0 Å². The molecule has 27 heavy (non-hydrogen) atoms. The van der Waals surface area contributed by atoms with Crippen molar-refractivity contribution in [3.8, 4) is 0 Å². The summed E-state index contributed by atoms with van der Waals surface area (Å²) in [5.74, 6) is -0.183. The summed E-state index contributed by atoms with van der Waals surface area (Å²) in [4.78, 5) is 14.6. The number of carbonyl (C=O) groups is 1. The highest BCUT2D eigenvalue weighted by Crippen LogP contribution is 2.40. The van der Waals surface area contributed by atoms with Gasteiger partial charge in [0.25, 0.3) is 0 Å². The van der Waals surface area contributed by atoms with E-state index in [0.717, 1.165) is 32.5 Å². The third kappa shape index (κ3) is 4.69. The van der Waals surface area contributed by atoms with Crippen molar-refractivity contribution in [2.24, 2.45) is 0 Å². The quantitative estimate of drug-likeness (QED) is 0.791. The van der Waals surface area contributed by atoms with Gasteiger partial charge in [-0.2, -0.15) is 0 Å². The zero-order chi connectivity index (χ0) is 19.3. The minimum Gasteiger partial charge on any atom is -0.388 e. The first kappa shape index (κ1) is 20.3. The predicted octanol–water partition coefficient (Wildman–Crippen LogP) is 1.71. The normalized spacial score (nSPS) is 28.2. The molecule has 3 rings (SSSR count). The van der Waals surface area contributed by atoms with E-state index in [2.05, 4.69) is 34.5 Å². The van der Waals surface area contributed by atoms with Gasteiger partial charge in [0.15, 0.2) is 0 Å². The number of hydrogen-bond donors (Lipinski definition) is 2. The second-order valence-electron chi connectivity index (χ2n) is 7.93. The van der Waals surface area contributed by atoms with Gasteiger partial charge in [-0.25, -0.2) is 0 Å². The van der Waals surface area contributed by atoms with Crippen LogP contribution in [0.25, 0.3) is 0 Å². The maximum atomic E-state index is 12.2. The fraction of sp³-hybridized carbons (Fsp3) is 0.667. The number of rotatable bonds is 6. The van der Waals surface area contributed by atoms with Crippen LogP contribution in [-0.4, -0.2) is 66.1 Å². The molecule has 1 amide bonds. The predicted molar refractivity (Wildman–Crippen MR) is 103 cm³/mol. The number of aliphatic hydroxyl groups is 1. The minimum atomic E-state index is -0.733. The average molecular weight is 376 g/mol. The van der Waals surface area contributed by atoms with Gasteiger partial charge in [-0.3, -0.25) is 9.69 Å². The summed E-state index contributed by atoms with van der Waals surface area (Å²) in [5, 5.41) is 14.1. The number of aliphatic hydroxyl groups excluding tert-OH is 1. The Kier molecular flexibility index (Phi) is 6.52. The number of hydrogen-bond acceptors (Lipinski definition) is 5. The van der Waals surface area contributed by atoms with E-state index < -0.39 is 17.2 Å². The van der Waals surface area contributed by atoms with E-state index in [4.69, 9.17) is 9.47 Å². The first-order valence-electron chi connectivity index (χ1n) is 9.94. The Morgan fingerprint density at radius 3 is 2.67 bits per heavy atom. The van der Waals surface area contributed by atoms with Gasteiger partial charge in [0.05, 0.1) is 11.1 Å². The van der Waals surface area contributed by atoms with E-state index in [0.29, 0.717) is 19.6 Å². The molecule has 1 aromatic carbocycles. The Morgan fingerprint density at radius 2 is 2.00 bits per heavy atom. The Bertz CT molecular complexity index is 616.